The minimum Gasteiger partial charge on any atom is -0.394 e. The first kappa shape index (κ1) is 15.2. The van der Waals surface area contributed by atoms with E-state index in [4.69, 9.17) is 10.2 Å². The van der Waals surface area contributed by atoms with E-state index >= 15 is 0 Å². The van der Waals surface area contributed by atoms with Crippen molar-refractivity contribution < 1.29 is 15.0 Å². The zero-order chi connectivity index (χ0) is 14.3. The van der Waals surface area contributed by atoms with E-state index in [1.807, 2.05) is 43.3 Å². The maximum Gasteiger partial charge on any atom is 0.244 e. The van der Waals surface area contributed by atoms with Gasteiger partial charge in [0.25, 0.3) is 0 Å². The summed E-state index contributed by atoms with van der Waals surface area (Å²) in [5, 5.41) is 20.2. The van der Waals surface area contributed by atoms with Crippen LogP contribution in [0.3, 0.4) is 0 Å². The molecular weight excluding hydrogens is 244 g/mol. The third kappa shape index (κ3) is 5.11. The summed E-state index contributed by atoms with van der Waals surface area (Å²) in [6.45, 7) is -0.568. The molecule has 1 rings (SSSR count). The van der Waals surface area contributed by atoms with Gasteiger partial charge in [0.2, 0.25) is 5.91 Å². The van der Waals surface area contributed by atoms with Crippen molar-refractivity contribution >= 4 is 17.7 Å². The van der Waals surface area contributed by atoms with Gasteiger partial charge in [0, 0.05) is 25.9 Å². The van der Waals surface area contributed by atoms with Crippen molar-refractivity contribution in [3.63, 3.8) is 0 Å². The number of benzene rings is 1. The summed E-state index contributed by atoms with van der Waals surface area (Å²) in [7, 11) is 3.92. The second-order valence-electron chi connectivity index (χ2n) is 4.39. The Morgan fingerprint density at radius 3 is 2.32 bits per heavy atom. The Kier molecular flexibility index (Phi) is 6.05. The Hall–Kier alpha value is -1.85. The largest absolute Gasteiger partial charge is 0.394 e. The van der Waals surface area contributed by atoms with Gasteiger partial charge in [-0.3, -0.25) is 4.79 Å². The molecule has 5 heteroatoms. The normalized spacial score (nSPS) is 11.0. The van der Waals surface area contributed by atoms with Crippen molar-refractivity contribution in [2.45, 2.75) is 6.04 Å². The van der Waals surface area contributed by atoms with E-state index in [-0.39, 0.29) is 19.1 Å². The van der Waals surface area contributed by atoms with Gasteiger partial charge in [-0.05, 0) is 23.8 Å². The van der Waals surface area contributed by atoms with Gasteiger partial charge in [-0.1, -0.05) is 12.1 Å². The molecular formula is C14H20N2O3. The highest BCUT2D eigenvalue weighted by atomic mass is 16.3. The summed E-state index contributed by atoms with van der Waals surface area (Å²) in [6, 6.07) is 7.13. The van der Waals surface area contributed by atoms with E-state index in [1.54, 1.807) is 6.08 Å². The van der Waals surface area contributed by atoms with Crippen molar-refractivity contribution in [1.82, 2.24) is 5.32 Å². The van der Waals surface area contributed by atoms with Crippen LogP contribution in [0.4, 0.5) is 5.69 Å². The first-order valence-electron chi connectivity index (χ1n) is 6.04. The SMILES string of the molecule is CN(C)c1ccc(C=CC(=O)NC(CO)CO)cc1. The van der Waals surface area contributed by atoms with Crippen molar-refractivity contribution in [3.05, 3.63) is 35.9 Å². The highest BCUT2D eigenvalue weighted by Gasteiger charge is 2.06. The van der Waals surface area contributed by atoms with Gasteiger partial charge in [0.05, 0.1) is 19.3 Å². The van der Waals surface area contributed by atoms with E-state index in [0.717, 1.165) is 11.3 Å². The molecule has 0 unspecified atom stereocenters. The van der Waals surface area contributed by atoms with Crippen LogP contribution < -0.4 is 10.2 Å². The van der Waals surface area contributed by atoms with Crippen LogP contribution in [-0.4, -0.2) is 49.5 Å². The molecule has 0 fully saturated rings. The molecule has 104 valence electrons. The molecule has 0 atom stereocenters. The van der Waals surface area contributed by atoms with Crippen LogP contribution >= 0.6 is 0 Å². The number of carbonyl (C=O) groups excluding carboxylic acids is 1. The zero-order valence-electron chi connectivity index (χ0n) is 11.2. The van der Waals surface area contributed by atoms with Crippen molar-refractivity contribution in [2.24, 2.45) is 0 Å². The molecule has 0 saturated heterocycles. The number of rotatable bonds is 6. The lowest BCUT2D eigenvalue weighted by Gasteiger charge is -2.12. The van der Waals surface area contributed by atoms with Crippen LogP contribution in [-0.2, 0) is 4.79 Å². The Morgan fingerprint density at radius 1 is 1.26 bits per heavy atom. The average Bonchev–Trinajstić information content (AvgIpc) is 2.43. The molecule has 0 radical (unpaired) electrons. The molecule has 1 aromatic rings. The summed E-state index contributed by atoms with van der Waals surface area (Å²) in [6.07, 6.45) is 3.06. The van der Waals surface area contributed by atoms with Crippen LogP contribution in [0.15, 0.2) is 30.3 Å². The zero-order valence-corrected chi connectivity index (χ0v) is 11.2. The van der Waals surface area contributed by atoms with Crippen LogP contribution in [0.25, 0.3) is 6.08 Å². The number of anilines is 1. The number of aliphatic hydroxyl groups excluding tert-OH is 2. The fourth-order valence-electron chi connectivity index (χ4n) is 1.45. The van der Waals surface area contributed by atoms with Gasteiger partial charge in [0.15, 0.2) is 0 Å². The number of hydrogen-bond donors (Lipinski definition) is 3. The lowest BCUT2D eigenvalue weighted by atomic mass is 10.2. The van der Waals surface area contributed by atoms with Gasteiger partial charge < -0.3 is 20.4 Å². The fourth-order valence-corrected chi connectivity index (χ4v) is 1.45. The van der Waals surface area contributed by atoms with Gasteiger partial charge in [-0.2, -0.15) is 0 Å². The van der Waals surface area contributed by atoms with E-state index in [9.17, 15) is 4.79 Å². The van der Waals surface area contributed by atoms with Gasteiger partial charge >= 0.3 is 0 Å². The van der Waals surface area contributed by atoms with Crippen molar-refractivity contribution in [3.8, 4) is 0 Å². The molecule has 19 heavy (non-hydrogen) atoms. The second kappa shape index (κ2) is 7.56. The highest BCUT2D eigenvalue weighted by molar-refractivity contribution is 5.91. The van der Waals surface area contributed by atoms with Crippen molar-refractivity contribution in [2.75, 3.05) is 32.2 Å². The lowest BCUT2D eigenvalue weighted by Crippen LogP contribution is -2.39. The number of nitrogens with one attached hydrogen (secondary N) is 1. The second-order valence-corrected chi connectivity index (χ2v) is 4.39. The van der Waals surface area contributed by atoms with Crippen molar-refractivity contribution in [1.29, 1.82) is 0 Å². The molecule has 0 heterocycles. The smallest absolute Gasteiger partial charge is 0.244 e. The maximum atomic E-state index is 11.5. The molecule has 0 bridgehead atoms. The van der Waals surface area contributed by atoms with E-state index in [1.165, 1.54) is 6.08 Å². The molecule has 1 aromatic carbocycles. The molecule has 3 N–H and O–H groups in total. The Morgan fingerprint density at radius 2 is 1.84 bits per heavy atom. The fraction of sp³-hybridized carbons (Fsp3) is 0.357. The van der Waals surface area contributed by atoms with E-state index < -0.39 is 6.04 Å². The summed E-state index contributed by atoms with van der Waals surface area (Å²) in [5.41, 5.74) is 1.99. The monoisotopic (exact) mass is 264 g/mol. The average molecular weight is 264 g/mol. The Bertz CT molecular complexity index is 423. The first-order chi connectivity index (χ1) is 9.06. The van der Waals surface area contributed by atoms with Gasteiger partial charge in [-0.15, -0.1) is 0 Å². The van der Waals surface area contributed by atoms with E-state index in [0.29, 0.717) is 0 Å². The summed E-state index contributed by atoms with van der Waals surface area (Å²) in [5.74, 6) is -0.343. The number of hydrogen-bond acceptors (Lipinski definition) is 4. The predicted molar refractivity (Wildman–Crippen MR) is 75.9 cm³/mol. The summed E-state index contributed by atoms with van der Waals surface area (Å²) in [4.78, 5) is 13.5. The van der Waals surface area contributed by atoms with Gasteiger partial charge in [-0.25, -0.2) is 0 Å². The molecule has 5 nitrogen and oxygen atoms in total. The maximum absolute atomic E-state index is 11.5. The number of carbonyl (C=O) groups is 1. The number of aliphatic hydroxyl groups is 2. The molecule has 0 aliphatic heterocycles. The lowest BCUT2D eigenvalue weighted by molar-refractivity contribution is -0.117. The standard InChI is InChI=1S/C14H20N2O3/c1-16(2)13-6-3-11(4-7-13)5-8-14(19)15-12(9-17)10-18/h3-8,12,17-18H,9-10H2,1-2H3,(H,15,19). The highest BCUT2D eigenvalue weighted by Crippen LogP contribution is 2.12. The molecule has 0 spiro atoms. The minimum absolute atomic E-state index is 0.284. The third-order valence-corrected chi connectivity index (χ3v) is 2.62. The van der Waals surface area contributed by atoms with E-state index in [2.05, 4.69) is 5.32 Å². The Labute approximate surface area is 113 Å². The molecule has 0 aliphatic rings. The minimum atomic E-state index is -0.617. The third-order valence-electron chi connectivity index (χ3n) is 2.62. The molecule has 0 aromatic heterocycles. The quantitative estimate of drug-likeness (QED) is 0.643. The summed E-state index contributed by atoms with van der Waals surface area (Å²) >= 11 is 0. The van der Waals surface area contributed by atoms with Crippen LogP contribution in [0.2, 0.25) is 0 Å². The number of amides is 1. The summed E-state index contributed by atoms with van der Waals surface area (Å²) < 4.78 is 0. The molecule has 0 saturated carbocycles. The molecule has 0 aliphatic carbocycles. The van der Waals surface area contributed by atoms with Crippen LogP contribution in [0, 0.1) is 0 Å². The van der Waals surface area contributed by atoms with Crippen LogP contribution in [0.1, 0.15) is 5.56 Å². The van der Waals surface area contributed by atoms with Crippen LogP contribution in [0.5, 0.6) is 0 Å². The predicted octanol–water partition coefficient (Wildman–Crippen LogP) is 0.235. The first-order valence-corrected chi connectivity index (χ1v) is 6.04. The Balaban J connectivity index is 2.58. The van der Waals surface area contributed by atoms with Gasteiger partial charge in [0.1, 0.15) is 0 Å². The number of nitrogens with zero attached hydrogens (tertiary/aromatic N) is 1. The molecule has 1 amide bonds. The topological polar surface area (TPSA) is 72.8 Å².